The highest BCUT2D eigenvalue weighted by atomic mass is 19.4. The Morgan fingerprint density at radius 1 is 0.923 bits per heavy atom. The normalized spacial score (nSPS) is 11.3. The minimum atomic E-state index is -4.40. The fourth-order valence-electron chi connectivity index (χ4n) is 1.95. The van der Waals surface area contributed by atoms with Crippen molar-refractivity contribution in [1.29, 1.82) is 0 Å². The van der Waals surface area contributed by atoms with Crippen LogP contribution in [-0.2, 0) is 13.3 Å². The second kappa shape index (κ2) is 10.3. The van der Waals surface area contributed by atoms with Crippen LogP contribution in [0.4, 0.5) is 22.0 Å². The highest BCUT2D eigenvalue weighted by Crippen LogP contribution is 2.27. The Labute approximate surface area is 151 Å². The van der Waals surface area contributed by atoms with E-state index in [4.69, 9.17) is 0 Å². The van der Waals surface area contributed by atoms with Gasteiger partial charge in [0.15, 0.2) is 0 Å². The molecule has 0 aromatic carbocycles. The van der Waals surface area contributed by atoms with Gasteiger partial charge in [-0.2, -0.15) is 14.9 Å². The van der Waals surface area contributed by atoms with E-state index in [9.17, 15) is 22.0 Å². The zero-order chi connectivity index (χ0) is 20.7. The molecule has 26 heavy (non-hydrogen) atoms. The number of hydrogen-bond donors (Lipinski definition) is 0. The van der Waals surface area contributed by atoms with Crippen molar-refractivity contribution in [2.45, 2.75) is 66.1 Å². The smallest absolute Gasteiger partial charge is 0.267 e. The number of aryl methyl sites for hydroxylation is 1. The summed E-state index contributed by atoms with van der Waals surface area (Å²) in [5.41, 5.74) is 1.25. The van der Waals surface area contributed by atoms with E-state index in [1.54, 1.807) is 0 Å². The lowest BCUT2D eigenvalue weighted by atomic mass is 10.0. The van der Waals surface area contributed by atoms with E-state index in [0.29, 0.717) is 11.1 Å². The quantitative estimate of drug-likeness (QED) is 0.611. The van der Waals surface area contributed by atoms with Crippen LogP contribution >= 0.6 is 0 Å². The van der Waals surface area contributed by atoms with Crippen molar-refractivity contribution in [2.75, 3.05) is 0 Å². The Balaban J connectivity index is 0.000000439. The largest absolute Gasteiger partial charge is 0.504 e. The predicted molar refractivity (Wildman–Crippen MR) is 91.2 cm³/mol. The molecule has 0 amide bonds. The number of halogens is 5. The molecule has 2 aromatic rings. The van der Waals surface area contributed by atoms with Gasteiger partial charge in [-0.25, -0.2) is 8.78 Å². The van der Waals surface area contributed by atoms with E-state index in [1.807, 2.05) is 41.5 Å². The third-order valence-electron chi connectivity index (χ3n) is 3.37. The molecule has 0 aliphatic carbocycles. The maximum atomic E-state index is 12.4. The first kappa shape index (κ1) is 24.1. The summed E-state index contributed by atoms with van der Waals surface area (Å²) < 4.78 is 62.0. The van der Waals surface area contributed by atoms with Crippen LogP contribution in [0.25, 0.3) is 0 Å². The summed E-state index contributed by atoms with van der Waals surface area (Å²) in [5.74, 6) is 0.170. The van der Waals surface area contributed by atoms with Crippen LogP contribution in [0.5, 0.6) is 0 Å². The molecule has 0 fully saturated rings. The zero-order valence-electron chi connectivity index (χ0n) is 16.1. The van der Waals surface area contributed by atoms with E-state index in [1.165, 1.54) is 24.1 Å². The Bertz CT molecular complexity index is 642. The maximum Gasteiger partial charge on any atom is 0.504 e. The highest BCUT2D eigenvalue weighted by molar-refractivity contribution is 5.22. The lowest BCUT2D eigenvalue weighted by Crippen LogP contribution is -2.16. The first-order valence-corrected chi connectivity index (χ1v) is 8.36. The van der Waals surface area contributed by atoms with E-state index >= 15 is 0 Å². The van der Waals surface area contributed by atoms with Gasteiger partial charge in [0.2, 0.25) is 0 Å². The second-order valence-corrected chi connectivity index (χ2v) is 5.90. The Morgan fingerprint density at radius 2 is 1.46 bits per heavy atom. The molecule has 0 bridgehead atoms. The molecular weight excluding hydrogens is 355 g/mol. The molecule has 0 unspecified atom stereocenters. The molecule has 0 saturated heterocycles. The number of alkyl halides is 5. The number of nitrogens with zero attached hydrogens (tertiary/aromatic N) is 4. The first-order chi connectivity index (χ1) is 11.9. The standard InChI is InChI=1S/C8H12F2N2.C7H9F3N2.C2H6/c1-5(2)6-4-11-12(3)7(6)8(9)10;1-5(2)6-3-11-12(4-6)7(8,9)10;1-2/h4-5,8H,1-3H3;3-5H,1-2H3;1-2H3. The molecule has 0 radical (unpaired) electrons. The topological polar surface area (TPSA) is 35.6 Å². The van der Waals surface area contributed by atoms with Gasteiger partial charge in [0.05, 0.1) is 12.4 Å². The molecule has 0 N–H and O–H groups in total. The third kappa shape index (κ3) is 6.76. The highest BCUT2D eigenvalue weighted by Gasteiger charge is 2.31. The van der Waals surface area contributed by atoms with Crippen molar-refractivity contribution >= 4 is 0 Å². The van der Waals surface area contributed by atoms with Gasteiger partial charge in [0.25, 0.3) is 6.43 Å². The summed E-state index contributed by atoms with van der Waals surface area (Å²) in [6, 6.07) is 0. The van der Waals surface area contributed by atoms with Gasteiger partial charge in [-0.1, -0.05) is 41.5 Å². The van der Waals surface area contributed by atoms with Crippen molar-refractivity contribution in [3.63, 3.8) is 0 Å². The van der Waals surface area contributed by atoms with Gasteiger partial charge in [-0.3, -0.25) is 4.68 Å². The van der Waals surface area contributed by atoms with Crippen LogP contribution < -0.4 is 0 Å². The number of rotatable bonds is 3. The van der Waals surface area contributed by atoms with Crippen LogP contribution in [0, 0.1) is 0 Å². The van der Waals surface area contributed by atoms with E-state index in [2.05, 4.69) is 10.2 Å². The monoisotopic (exact) mass is 382 g/mol. The van der Waals surface area contributed by atoms with Crippen molar-refractivity contribution < 1.29 is 22.0 Å². The zero-order valence-corrected chi connectivity index (χ0v) is 16.1. The third-order valence-corrected chi connectivity index (χ3v) is 3.37. The summed E-state index contributed by atoms with van der Waals surface area (Å²) in [5, 5.41) is 7.00. The summed E-state index contributed by atoms with van der Waals surface area (Å²) in [6.07, 6.45) is -3.09. The van der Waals surface area contributed by atoms with Crippen LogP contribution in [0.1, 0.15) is 76.6 Å². The summed E-state index contributed by atoms with van der Waals surface area (Å²) >= 11 is 0. The molecule has 9 heteroatoms. The summed E-state index contributed by atoms with van der Waals surface area (Å²) in [7, 11) is 1.54. The lowest BCUT2D eigenvalue weighted by molar-refractivity contribution is -0.212. The van der Waals surface area contributed by atoms with Crippen molar-refractivity contribution in [3.05, 3.63) is 35.4 Å². The molecule has 2 heterocycles. The second-order valence-electron chi connectivity index (χ2n) is 5.90. The van der Waals surface area contributed by atoms with Crippen molar-refractivity contribution in [3.8, 4) is 0 Å². The Morgan fingerprint density at radius 3 is 1.73 bits per heavy atom. The molecule has 0 spiro atoms. The molecular formula is C17H27F5N4. The van der Waals surface area contributed by atoms with Crippen LogP contribution in [0.15, 0.2) is 18.6 Å². The first-order valence-electron chi connectivity index (χ1n) is 8.36. The minimum Gasteiger partial charge on any atom is -0.267 e. The molecule has 2 rings (SSSR count). The van der Waals surface area contributed by atoms with Gasteiger partial charge in [-0.15, -0.1) is 13.2 Å². The fourth-order valence-corrected chi connectivity index (χ4v) is 1.95. The number of hydrogen-bond acceptors (Lipinski definition) is 2. The van der Waals surface area contributed by atoms with E-state index in [0.717, 1.165) is 6.20 Å². The van der Waals surface area contributed by atoms with Gasteiger partial charge in [0.1, 0.15) is 5.69 Å². The van der Waals surface area contributed by atoms with Crippen molar-refractivity contribution in [2.24, 2.45) is 7.05 Å². The van der Waals surface area contributed by atoms with Crippen LogP contribution in [-0.4, -0.2) is 19.6 Å². The van der Waals surface area contributed by atoms with Crippen molar-refractivity contribution in [1.82, 2.24) is 19.6 Å². The van der Waals surface area contributed by atoms with Gasteiger partial charge >= 0.3 is 6.30 Å². The van der Waals surface area contributed by atoms with Gasteiger partial charge < -0.3 is 0 Å². The van der Waals surface area contributed by atoms with Crippen LogP contribution in [0.2, 0.25) is 0 Å². The molecule has 0 aliphatic rings. The van der Waals surface area contributed by atoms with E-state index < -0.39 is 12.7 Å². The predicted octanol–water partition coefficient (Wildman–Crippen LogP) is 5.99. The Hall–Kier alpha value is -1.93. The lowest BCUT2D eigenvalue weighted by Gasteiger charge is -2.06. The molecule has 4 nitrogen and oxygen atoms in total. The molecule has 2 aromatic heterocycles. The van der Waals surface area contributed by atoms with Gasteiger partial charge in [0, 0.05) is 18.8 Å². The SMILES string of the molecule is CC.CC(C)c1cnn(C(F)(F)F)c1.CC(C)c1cnn(C)c1C(F)F. The molecule has 150 valence electrons. The molecule has 0 saturated carbocycles. The molecule has 0 atom stereocenters. The van der Waals surface area contributed by atoms with Crippen LogP contribution in [0.3, 0.4) is 0 Å². The molecule has 0 aliphatic heterocycles. The Kier molecular flexibility index (Phi) is 9.51. The fraction of sp³-hybridized carbons (Fsp3) is 0.647. The van der Waals surface area contributed by atoms with E-state index in [-0.39, 0.29) is 22.2 Å². The average molecular weight is 382 g/mol. The van der Waals surface area contributed by atoms with Gasteiger partial charge in [-0.05, 0) is 17.4 Å². The maximum absolute atomic E-state index is 12.4. The summed E-state index contributed by atoms with van der Waals surface area (Å²) in [4.78, 5) is 0. The number of aromatic nitrogens is 4. The average Bonchev–Trinajstić information content (AvgIpc) is 3.16. The minimum absolute atomic E-state index is 0.0162. The summed E-state index contributed by atoms with van der Waals surface area (Å²) in [6.45, 7) is 11.4.